The molecule has 0 rings (SSSR count). The van der Waals surface area contributed by atoms with Crippen LogP contribution in [0.2, 0.25) is 0 Å². The highest BCUT2D eigenvalue weighted by Crippen LogP contribution is 2.43. The molecule has 2 atom stereocenters. The second kappa shape index (κ2) is 24.4. The number of phosphoric acid groups is 1. The molecular weight excluding hydrogens is 533 g/mol. The van der Waals surface area contributed by atoms with E-state index in [2.05, 4.69) is 19.1 Å². The number of hydrogen-bond donors (Lipinski definition) is 1. The molecule has 236 valence electrons. The van der Waals surface area contributed by atoms with E-state index in [4.69, 9.17) is 18.5 Å². The van der Waals surface area contributed by atoms with E-state index >= 15 is 0 Å². The number of allylic oxidation sites excluding steroid dienone is 2. The van der Waals surface area contributed by atoms with Crippen molar-refractivity contribution in [3.63, 3.8) is 0 Å². The van der Waals surface area contributed by atoms with Crippen molar-refractivity contribution in [1.29, 1.82) is 0 Å². The van der Waals surface area contributed by atoms with Gasteiger partial charge in [-0.05, 0) is 38.5 Å². The summed E-state index contributed by atoms with van der Waals surface area (Å²) in [6, 6.07) is 0. The van der Waals surface area contributed by atoms with Crippen LogP contribution in [0.3, 0.4) is 0 Å². The minimum Gasteiger partial charge on any atom is -0.462 e. The second-order valence-corrected chi connectivity index (χ2v) is 12.9. The lowest BCUT2D eigenvalue weighted by Crippen LogP contribution is -2.37. The molecule has 2 unspecified atom stereocenters. The zero-order valence-electron chi connectivity index (χ0n) is 26.1. The Balaban J connectivity index is 4.22. The van der Waals surface area contributed by atoms with Crippen LogP contribution in [0.1, 0.15) is 117 Å². The smallest absolute Gasteiger partial charge is 0.462 e. The van der Waals surface area contributed by atoms with Gasteiger partial charge in [-0.2, -0.15) is 0 Å². The first-order valence-electron chi connectivity index (χ1n) is 15.4. The summed E-state index contributed by atoms with van der Waals surface area (Å²) < 4.78 is 33.4. The number of carbonyl (C=O) groups excluding carboxylic acids is 2. The number of hydrogen-bond acceptors (Lipinski definition) is 7. The van der Waals surface area contributed by atoms with Gasteiger partial charge in [0.1, 0.15) is 19.8 Å². The minimum absolute atomic E-state index is 0.0305. The van der Waals surface area contributed by atoms with E-state index in [0.717, 1.165) is 32.1 Å². The first kappa shape index (κ1) is 38.8. The van der Waals surface area contributed by atoms with Gasteiger partial charge < -0.3 is 18.9 Å². The van der Waals surface area contributed by atoms with Crippen molar-refractivity contribution in [2.45, 2.75) is 123 Å². The van der Waals surface area contributed by atoms with E-state index in [1.54, 1.807) is 0 Å². The number of ether oxygens (including phenoxy) is 2. The predicted molar refractivity (Wildman–Crippen MR) is 160 cm³/mol. The standard InChI is InChI=1S/C30H58NO8P/c1-6-8-9-10-11-12-13-14-15-16-17-18-19-20-21-23-30(33)39-28(26-36-29(32)22-7-2)27-38-40(34,35)37-25-24-31(3,4)5/h14-15,28H,6-13,16-27H2,1-5H3/p+1/b15-14-. The summed E-state index contributed by atoms with van der Waals surface area (Å²) >= 11 is 0. The molecule has 0 bridgehead atoms. The molecule has 0 aromatic heterocycles. The summed E-state index contributed by atoms with van der Waals surface area (Å²) in [7, 11) is 1.46. The normalized spacial score (nSPS) is 14.2. The quantitative estimate of drug-likeness (QED) is 0.0353. The Hall–Kier alpha value is -1.25. The van der Waals surface area contributed by atoms with Gasteiger partial charge in [0, 0.05) is 12.8 Å². The lowest BCUT2D eigenvalue weighted by atomic mass is 10.1. The highest BCUT2D eigenvalue weighted by atomic mass is 31.2. The Labute approximate surface area is 244 Å². The van der Waals surface area contributed by atoms with Gasteiger partial charge in [0.2, 0.25) is 0 Å². The molecule has 0 aliphatic heterocycles. The number of carbonyl (C=O) groups is 2. The molecule has 0 aliphatic rings. The monoisotopic (exact) mass is 592 g/mol. The maximum Gasteiger partial charge on any atom is 0.472 e. The number of quaternary nitrogens is 1. The number of rotatable bonds is 27. The molecule has 0 radical (unpaired) electrons. The van der Waals surface area contributed by atoms with Crippen LogP contribution in [0.15, 0.2) is 12.2 Å². The Morgan fingerprint density at radius 2 is 1.32 bits per heavy atom. The Morgan fingerprint density at radius 1 is 0.750 bits per heavy atom. The largest absolute Gasteiger partial charge is 0.472 e. The summed E-state index contributed by atoms with van der Waals surface area (Å²) in [4.78, 5) is 34.1. The van der Waals surface area contributed by atoms with Gasteiger partial charge in [-0.15, -0.1) is 0 Å². The Kier molecular flexibility index (Phi) is 23.6. The molecule has 0 saturated heterocycles. The van der Waals surface area contributed by atoms with Gasteiger partial charge in [0.25, 0.3) is 0 Å². The summed E-state index contributed by atoms with van der Waals surface area (Å²) in [5, 5.41) is 0. The topological polar surface area (TPSA) is 108 Å². The zero-order chi connectivity index (χ0) is 30.1. The predicted octanol–water partition coefficient (Wildman–Crippen LogP) is 7.12. The van der Waals surface area contributed by atoms with Gasteiger partial charge in [-0.3, -0.25) is 18.6 Å². The molecule has 10 heteroatoms. The van der Waals surface area contributed by atoms with E-state index in [1.807, 2.05) is 28.1 Å². The van der Waals surface area contributed by atoms with E-state index in [9.17, 15) is 19.0 Å². The lowest BCUT2D eigenvalue weighted by Gasteiger charge is -2.24. The molecule has 0 amide bonds. The zero-order valence-corrected chi connectivity index (χ0v) is 27.0. The van der Waals surface area contributed by atoms with Crippen molar-refractivity contribution in [2.75, 3.05) is 47.5 Å². The fourth-order valence-corrected chi connectivity index (χ4v) is 4.55. The fourth-order valence-electron chi connectivity index (χ4n) is 3.81. The average molecular weight is 593 g/mol. The third kappa shape index (κ3) is 26.9. The average Bonchev–Trinajstić information content (AvgIpc) is 2.87. The number of nitrogens with zero attached hydrogens (tertiary/aromatic N) is 1. The van der Waals surface area contributed by atoms with Gasteiger partial charge in [-0.25, -0.2) is 4.57 Å². The van der Waals surface area contributed by atoms with Crippen LogP contribution in [0.4, 0.5) is 0 Å². The third-order valence-corrected chi connectivity index (χ3v) is 7.25. The number of unbranched alkanes of at least 4 members (excludes halogenated alkanes) is 11. The highest BCUT2D eigenvalue weighted by Gasteiger charge is 2.26. The molecule has 1 N–H and O–H groups in total. The minimum atomic E-state index is -4.34. The van der Waals surface area contributed by atoms with Gasteiger partial charge in [-0.1, -0.05) is 77.4 Å². The van der Waals surface area contributed by atoms with Crippen LogP contribution in [0.25, 0.3) is 0 Å². The van der Waals surface area contributed by atoms with Crippen LogP contribution in [0, 0.1) is 0 Å². The Bertz CT molecular complexity index is 723. The van der Waals surface area contributed by atoms with Crippen molar-refractivity contribution < 1.29 is 42.1 Å². The first-order chi connectivity index (χ1) is 19.0. The third-order valence-electron chi connectivity index (χ3n) is 6.27. The fraction of sp³-hybridized carbons (Fsp3) is 0.867. The molecular formula is C30H59NO8P+. The molecule has 0 aromatic rings. The maximum absolute atomic E-state index is 12.4. The molecule has 0 heterocycles. The van der Waals surface area contributed by atoms with Crippen LogP contribution in [-0.2, 0) is 32.7 Å². The lowest BCUT2D eigenvalue weighted by molar-refractivity contribution is -0.870. The first-order valence-corrected chi connectivity index (χ1v) is 16.9. The molecule has 0 saturated carbocycles. The van der Waals surface area contributed by atoms with Crippen LogP contribution in [0.5, 0.6) is 0 Å². The number of likely N-dealkylation sites (N-methyl/N-ethyl adjacent to an activating group) is 1. The summed E-state index contributed by atoms with van der Waals surface area (Å²) in [6.45, 7) is 3.99. The van der Waals surface area contributed by atoms with Gasteiger partial charge >= 0.3 is 19.8 Å². The number of esters is 2. The van der Waals surface area contributed by atoms with Crippen molar-refractivity contribution in [2.24, 2.45) is 0 Å². The molecule has 0 aromatic carbocycles. The molecule has 0 fully saturated rings. The SMILES string of the molecule is CCCCCCCC/C=C\CCCCCCCC(=O)OC(COC(=O)CCC)COP(=O)(O)OCC[N+](C)(C)C. The Morgan fingerprint density at radius 3 is 1.90 bits per heavy atom. The summed E-state index contributed by atoms with van der Waals surface area (Å²) in [5.41, 5.74) is 0. The van der Waals surface area contributed by atoms with Crippen LogP contribution in [-0.4, -0.2) is 74.9 Å². The van der Waals surface area contributed by atoms with Crippen molar-refractivity contribution in [3.05, 3.63) is 12.2 Å². The number of phosphoric ester groups is 1. The van der Waals surface area contributed by atoms with Crippen molar-refractivity contribution in [3.8, 4) is 0 Å². The van der Waals surface area contributed by atoms with Gasteiger partial charge in [0.05, 0.1) is 27.7 Å². The summed E-state index contributed by atoms with van der Waals surface area (Å²) in [6.07, 6.45) is 19.9. The van der Waals surface area contributed by atoms with Crippen LogP contribution >= 0.6 is 7.82 Å². The molecule has 0 spiro atoms. The summed E-state index contributed by atoms with van der Waals surface area (Å²) in [5.74, 6) is -0.872. The van der Waals surface area contributed by atoms with Crippen molar-refractivity contribution in [1.82, 2.24) is 0 Å². The van der Waals surface area contributed by atoms with E-state index < -0.39 is 32.5 Å². The second-order valence-electron chi connectivity index (χ2n) is 11.5. The van der Waals surface area contributed by atoms with Crippen molar-refractivity contribution >= 4 is 19.8 Å². The van der Waals surface area contributed by atoms with Gasteiger partial charge in [0.15, 0.2) is 6.10 Å². The molecule has 40 heavy (non-hydrogen) atoms. The maximum atomic E-state index is 12.4. The van der Waals surface area contributed by atoms with E-state index in [1.165, 1.54) is 44.9 Å². The highest BCUT2D eigenvalue weighted by molar-refractivity contribution is 7.47. The molecule has 0 aliphatic carbocycles. The van der Waals surface area contributed by atoms with Crippen LogP contribution < -0.4 is 0 Å². The van der Waals surface area contributed by atoms with E-state index in [-0.39, 0.29) is 26.1 Å². The molecule has 9 nitrogen and oxygen atoms in total. The van der Waals surface area contributed by atoms with E-state index in [0.29, 0.717) is 23.9 Å².